The molecule has 2 heterocycles. The van der Waals surface area contributed by atoms with Crippen LogP contribution >= 0.6 is 0 Å². The molecule has 1 aliphatic heterocycles. The van der Waals surface area contributed by atoms with E-state index >= 15 is 0 Å². The van der Waals surface area contributed by atoms with Gasteiger partial charge in [0.1, 0.15) is 0 Å². The average Bonchev–Trinajstić information content (AvgIpc) is 3.11. The zero-order valence-corrected chi connectivity index (χ0v) is 18.6. The summed E-state index contributed by atoms with van der Waals surface area (Å²) in [6, 6.07) is 13.2. The maximum atomic E-state index is 13.1. The van der Waals surface area contributed by atoms with Crippen LogP contribution in [0.5, 0.6) is 0 Å². The van der Waals surface area contributed by atoms with Gasteiger partial charge in [-0.1, -0.05) is 51.5 Å². The molecule has 0 bridgehead atoms. The zero-order chi connectivity index (χ0) is 21.5. The number of carbonyl (C=O) groups excluding carboxylic acids is 1. The van der Waals surface area contributed by atoms with Gasteiger partial charge in [0.15, 0.2) is 6.29 Å². The molecule has 0 atom stereocenters. The van der Waals surface area contributed by atoms with E-state index in [0.717, 1.165) is 36.6 Å². The number of aromatic amines is 1. The minimum absolute atomic E-state index is 0.0458. The molecular formula is C24H28N2O3S. The van der Waals surface area contributed by atoms with Crippen molar-refractivity contribution < 1.29 is 13.2 Å². The highest BCUT2D eigenvalue weighted by Gasteiger charge is 2.27. The zero-order valence-electron chi connectivity index (χ0n) is 17.7. The lowest BCUT2D eigenvalue weighted by molar-refractivity contribution is 0.112. The number of H-pyrrole nitrogens is 1. The third-order valence-electron chi connectivity index (χ3n) is 5.92. The van der Waals surface area contributed by atoms with Crippen LogP contribution in [0.3, 0.4) is 0 Å². The number of aldehydes is 1. The molecule has 0 unspecified atom stereocenters. The van der Waals surface area contributed by atoms with Crippen LogP contribution in [-0.4, -0.2) is 37.1 Å². The quantitative estimate of drug-likeness (QED) is 0.591. The predicted molar refractivity (Wildman–Crippen MR) is 120 cm³/mol. The molecule has 0 radical (unpaired) electrons. The minimum Gasteiger partial charge on any atom is -0.354 e. The average molecular weight is 425 g/mol. The molecule has 1 fully saturated rings. The number of aromatic nitrogens is 1. The van der Waals surface area contributed by atoms with Gasteiger partial charge in [0.05, 0.1) is 10.6 Å². The second-order valence-electron chi connectivity index (χ2n) is 9.03. The first kappa shape index (κ1) is 20.8. The fourth-order valence-electron chi connectivity index (χ4n) is 4.09. The van der Waals surface area contributed by atoms with Crippen LogP contribution in [0.25, 0.3) is 22.2 Å². The smallest absolute Gasteiger partial charge is 0.243 e. The van der Waals surface area contributed by atoms with Crippen molar-refractivity contribution in [3.63, 3.8) is 0 Å². The van der Waals surface area contributed by atoms with E-state index in [2.05, 4.69) is 37.9 Å². The Morgan fingerprint density at radius 3 is 2.23 bits per heavy atom. The highest BCUT2D eigenvalue weighted by atomic mass is 32.2. The Morgan fingerprint density at radius 2 is 1.63 bits per heavy atom. The number of hydrogen-bond acceptors (Lipinski definition) is 3. The highest BCUT2D eigenvalue weighted by Crippen LogP contribution is 2.33. The second kappa shape index (κ2) is 7.67. The lowest BCUT2D eigenvalue weighted by atomic mass is 9.86. The summed E-state index contributed by atoms with van der Waals surface area (Å²) >= 11 is 0. The number of piperidine rings is 1. The first-order valence-electron chi connectivity index (χ1n) is 10.4. The maximum Gasteiger partial charge on any atom is 0.243 e. The third-order valence-corrected chi connectivity index (χ3v) is 7.82. The van der Waals surface area contributed by atoms with Crippen molar-refractivity contribution in [2.45, 2.75) is 50.3 Å². The molecule has 0 saturated carbocycles. The van der Waals surface area contributed by atoms with Crippen LogP contribution in [0.15, 0.2) is 47.4 Å². The number of carbonyl (C=O) groups is 1. The monoisotopic (exact) mass is 424 g/mol. The van der Waals surface area contributed by atoms with E-state index in [-0.39, 0.29) is 10.3 Å². The van der Waals surface area contributed by atoms with Crippen molar-refractivity contribution in [2.24, 2.45) is 0 Å². The maximum absolute atomic E-state index is 13.1. The van der Waals surface area contributed by atoms with Crippen molar-refractivity contribution >= 4 is 27.2 Å². The third kappa shape index (κ3) is 3.70. The van der Waals surface area contributed by atoms with Gasteiger partial charge in [-0.2, -0.15) is 4.31 Å². The first-order chi connectivity index (χ1) is 14.2. The van der Waals surface area contributed by atoms with Gasteiger partial charge in [0.25, 0.3) is 0 Å². The van der Waals surface area contributed by atoms with Crippen molar-refractivity contribution in [2.75, 3.05) is 13.1 Å². The molecule has 2 aromatic carbocycles. The molecule has 6 heteroatoms. The Hall–Kier alpha value is -2.44. The van der Waals surface area contributed by atoms with Crippen LogP contribution in [0.4, 0.5) is 0 Å². The molecule has 30 heavy (non-hydrogen) atoms. The van der Waals surface area contributed by atoms with Crippen molar-refractivity contribution in [3.05, 3.63) is 53.6 Å². The number of rotatable bonds is 4. The molecule has 1 saturated heterocycles. The summed E-state index contributed by atoms with van der Waals surface area (Å²) in [6.07, 6.45) is 3.65. The molecule has 0 amide bonds. The largest absolute Gasteiger partial charge is 0.354 e. The first-order valence-corrected chi connectivity index (χ1v) is 11.9. The number of sulfonamides is 1. The second-order valence-corrected chi connectivity index (χ2v) is 11.0. The van der Waals surface area contributed by atoms with Gasteiger partial charge < -0.3 is 4.98 Å². The van der Waals surface area contributed by atoms with Gasteiger partial charge in [0.2, 0.25) is 10.0 Å². The van der Waals surface area contributed by atoms with Gasteiger partial charge in [-0.05, 0) is 47.6 Å². The molecule has 0 spiro atoms. The summed E-state index contributed by atoms with van der Waals surface area (Å²) < 4.78 is 27.7. The number of fused-ring (bicyclic) bond motifs is 1. The lowest BCUT2D eigenvalue weighted by Gasteiger charge is -2.25. The topological polar surface area (TPSA) is 70.2 Å². The molecule has 158 valence electrons. The molecular weight excluding hydrogens is 396 g/mol. The number of nitrogens with one attached hydrogen (secondary N) is 1. The molecule has 4 rings (SSSR count). The summed E-state index contributed by atoms with van der Waals surface area (Å²) in [4.78, 5) is 15.5. The summed E-state index contributed by atoms with van der Waals surface area (Å²) in [7, 11) is -3.55. The Morgan fingerprint density at radius 1 is 0.967 bits per heavy atom. The molecule has 1 aliphatic rings. The number of nitrogens with zero attached hydrogens (tertiary/aromatic N) is 1. The van der Waals surface area contributed by atoms with Gasteiger partial charge in [-0.15, -0.1) is 0 Å². The summed E-state index contributed by atoms with van der Waals surface area (Å²) in [5, 5.41) is 0.637. The van der Waals surface area contributed by atoms with Gasteiger partial charge >= 0.3 is 0 Å². The van der Waals surface area contributed by atoms with Crippen LogP contribution in [-0.2, 0) is 15.4 Å². The van der Waals surface area contributed by atoms with Gasteiger partial charge in [0, 0.05) is 29.6 Å². The fourth-order valence-corrected chi connectivity index (χ4v) is 5.64. The van der Waals surface area contributed by atoms with E-state index < -0.39 is 10.0 Å². The fraction of sp³-hybridized carbons (Fsp3) is 0.375. The van der Waals surface area contributed by atoms with E-state index in [0.29, 0.717) is 29.7 Å². The number of hydrogen-bond donors (Lipinski definition) is 1. The van der Waals surface area contributed by atoms with E-state index in [1.165, 1.54) is 5.56 Å². The summed E-state index contributed by atoms with van der Waals surface area (Å²) in [5.74, 6) is 0. The van der Waals surface area contributed by atoms with E-state index in [1.54, 1.807) is 22.5 Å². The van der Waals surface area contributed by atoms with Crippen molar-refractivity contribution in [1.82, 2.24) is 9.29 Å². The Bertz CT molecular complexity index is 1180. The molecule has 1 N–H and O–H groups in total. The highest BCUT2D eigenvalue weighted by molar-refractivity contribution is 7.89. The predicted octanol–water partition coefficient (Wildman–Crippen LogP) is 5.12. The van der Waals surface area contributed by atoms with Crippen molar-refractivity contribution in [1.29, 1.82) is 0 Å². The van der Waals surface area contributed by atoms with E-state index in [9.17, 15) is 13.2 Å². The van der Waals surface area contributed by atoms with Crippen molar-refractivity contribution in [3.8, 4) is 11.3 Å². The normalized spacial score (nSPS) is 16.1. The summed E-state index contributed by atoms with van der Waals surface area (Å²) in [5.41, 5.74) is 4.12. The number of benzene rings is 2. The van der Waals surface area contributed by atoms with E-state index in [4.69, 9.17) is 0 Å². The molecule has 5 nitrogen and oxygen atoms in total. The van der Waals surface area contributed by atoms with Crippen LogP contribution in [0.1, 0.15) is 56.0 Å². The van der Waals surface area contributed by atoms with Crippen LogP contribution in [0, 0.1) is 0 Å². The summed E-state index contributed by atoms with van der Waals surface area (Å²) in [6.45, 7) is 7.59. The van der Waals surface area contributed by atoms with Crippen LogP contribution in [0.2, 0.25) is 0 Å². The van der Waals surface area contributed by atoms with Gasteiger partial charge in [-0.3, -0.25) is 4.79 Å². The standard InChI is InChI=1S/C24H28N2O3S/c1-24(2,3)18-9-7-17(8-10-18)23-21(16-27)20-15-19(11-12-22(20)25-23)30(28,29)26-13-5-4-6-14-26/h7-12,15-16,25H,4-6,13-14H2,1-3H3. The van der Waals surface area contributed by atoms with Gasteiger partial charge in [-0.25, -0.2) is 8.42 Å². The Labute approximate surface area is 178 Å². The molecule has 3 aromatic rings. The lowest BCUT2D eigenvalue weighted by Crippen LogP contribution is -2.35. The Balaban J connectivity index is 1.78. The van der Waals surface area contributed by atoms with Crippen LogP contribution < -0.4 is 0 Å². The molecule has 1 aromatic heterocycles. The SMILES string of the molecule is CC(C)(C)c1ccc(-c2[nH]c3ccc(S(=O)(=O)N4CCCCC4)cc3c2C=O)cc1. The Kier molecular flexibility index (Phi) is 5.32. The van der Waals surface area contributed by atoms with E-state index in [1.807, 2.05) is 12.1 Å². The molecule has 0 aliphatic carbocycles. The minimum atomic E-state index is -3.55.